The second kappa shape index (κ2) is 8.66. The molecule has 6 rings (SSSR count). The van der Waals surface area contributed by atoms with E-state index in [1.807, 2.05) is 0 Å². The number of nitrogens with zero attached hydrogens (tertiary/aromatic N) is 1. The Morgan fingerprint density at radius 2 is 1.58 bits per heavy atom. The van der Waals surface area contributed by atoms with Gasteiger partial charge in [-0.1, -0.05) is 6.07 Å². The van der Waals surface area contributed by atoms with E-state index in [1.165, 1.54) is 7.11 Å². The zero-order valence-electron chi connectivity index (χ0n) is 18.8. The number of rotatable bonds is 5. The van der Waals surface area contributed by atoms with Gasteiger partial charge in [0.2, 0.25) is 19.5 Å². The van der Waals surface area contributed by atoms with E-state index < -0.39 is 11.9 Å². The zero-order valence-corrected chi connectivity index (χ0v) is 18.8. The van der Waals surface area contributed by atoms with Gasteiger partial charge in [0.25, 0.3) is 0 Å². The van der Waals surface area contributed by atoms with Crippen LogP contribution in [0.1, 0.15) is 21.5 Å². The fourth-order valence-corrected chi connectivity index (χ4v) is 3.76. The molecule has 0 N–H and O–H groups in total. The second-order valence-electron chi connectivity index (χ2n) is 7.77. The first kappa shape index (κ1) is 21.5. The number of methoxy groups -OCH3 is 1. The number of carbonyl (C=O) groups is 2. The van der Waals surface area contributed by atoms with Gasteiger partial charge in [0.05, 0.1) is 12.7 Å². The first-order valence-corrected chi connectivity index (χ1v) is 10.8. The number of hydrogen-bond donors (Lipinski definition) is 0. The molecule has 10 heteroatoms. The number of benzene rings is 3. The van der Waals surface area contributed by atoms with Crippen LogP contribution in [0.15, 0.2) is 65.3 Å². The smallest absolute Gasteiger partial charge is 0.363 e. The van der Waals surface area contributed by atoms with E-state index in [2.05, 4.69) is 4.99 Å². The Hall–Kier alpha value is -4.99. The van der Waals surface area contributed by atoms with Crippen LogP contribution in [0.2, 0.25) is 0 Å². The van der Waals surface area contributed by atoms with Crippen LogP contribution >= 0.6 is 0 Å². The number of esters is 2. The van der Waals surface area contributed by atoms with Crippen LogP contribution < -0.4 is 28.4 Å². The van der Waals surface area contributed by atoms with Crippen molar-refractivity contribution in [2.24, 2.45) is 4.99 Å². The third kappa shape index (κ3) is 3.94. The van der Waals surface area contributed by atoms with E-state index in [-0.39, 0.29) is 30.9 Å². The minimum Gasteiger partial charge on any atom is -0.493 e. The SMILES string of the molecule is COc1cc(C=C2N=C(c3ccc4c(c3)OCO4)OC2=O)ccc1OC(=O)c1ccc2c(c1)OCO2. The largest absolute Gasteiger partial charge is 0.493 e. The second-order valence-corrected chi connectivity index (χ2v) is 7.77. The Morgan fingerprint density at radius 3 is 2.36 bits per heavy atom. The van der Waals surface area contributed by atoms with Gasteiger partial charge < -0.3 is 33.2 Å². The van der Waals surface area contributed by atoms with Gasteiger partial charge >= 0.3 is 11.9 Å². The van der Waals surface area contributed by atoms with Gasteiger partial charge in [0, 0.05) is 5.56 Å². The molecule has 180 valence electrons. The van der Waals surface area contributed by atoms with E-state index >= 15 is 0 Å². The van der Waals surface area contributed by atoms with Crippen LogP contribution in [0.5, 0.6) is 34.5 Å². The molecule has 3 aromatic rings. The topological polar surface area (TPSA) is 111 Å². The minimum atomic E-state index is -0.597. The van der Waals surface area contributed by atoms with Crippen molar-refractivity contribution in [1.29, 1.82) is 0 Å². The van der Waals surface area contributed by atoms with Gasteiger partial charge in [-0.2, -0.15) is 0 Å². The molecule has 0 radical (unpaired) electrons. The van der Waals surface area contributed by atoms with Crippen LogP contribution in [0.3, 0.4) is 0 Å². The van der Waals surface area contributed by atoms with Crippen molar-refractivity contribution in [3.05, 3.63) is 77.0 Å². The van der Waals surface area contributed by atoms with Crippen LogP contribution in [0, 0.1) is 0 Å². The lowest BCUT2D eigenvalue weighted by Crippen LogP contribution is -2.09. The predicted molar refractivity (Wildman–Crippen MR) is 124 cm³/mol. The van der Waals surface area contributed by atoms with E-state index in [0.717, 1.165) is 0 Å². The predicted octanol–water partition coefficient (Wildman–Crippen LogP) is 3.72. The van der Waals surface area contributed by atoms with E-state index in [0.29, 0.717) is 45.4 Å². The number of hydrogen-bond acceptors (Lipinski definition) is 10. The zero-order chi connectivity index (χ0) is 24.6. The average Bonchev–Trinajstić information content (AvgIpc) is 3.64. The number of ether oxygens (including phenoxy) is 7. The molecule has 3 heterocycles. The highest BCUT2D eigenvalue weighted by Crippen LogP contribution is 2.35. The van der Waals surface area contributed by atoms with Crippen molar-refractivity contribution in [1.82, 2.24) is 0 Å². The van der Waals surface area contributed by atoms with Gasteiger partial charge in [0.15, 0.2) is 40.2 Å². The summed E-state index contributed by atoms with van der Waals surface area (Å²) in [5, 5.41) is 0. The van der Waals surface area contributed by atoms with Crippen molar-refractivity contribution in [3.63, 3.8) is 0 Å². The molecule has 10 nitrogen and oxygen atoms in total. The highest BCUT2D eigenvalue weighted by atomic mass is 16.7. The summed E-state index contributed by atoms with van der Waals surface area (Å²) in [6.07, 6.45) is 1.55. The summed E-state index contributed by atoms with van der Waals surface area (Å²) in [6, 6.07) is 14.8. The maximum Gasteiger partial charge on any atom is 0.363 e. The van der Waals surface area contributed by atoms with Crippen LogP contribution in [0.25, 0.3) is 6.08 Å². The Balaban J connectivity index is 1.22. The molecule has 0 bridgehead atoms. The molecule has 0 saturated heterocycles. The first-order valence-electron chi connectivity index (χ1n) is 10.8. The van der Waals surface area contributed by atoms with Crippen molar-refractivity contribution in [3.8, 4) is 34.5 Å². The Morgan fingerprint density at radius 1 is 0.861 bits per heavy atom. The molecule has 3 aromatic carbocycles. The van der Waals surface area contributed by atoms with Crippen LogP contribution in [0.4, 0.5) is 0 Å². The summed E-state index contributed by atoms with van der Waals surface area (Å²) in [5.74, 6) is 1.69. The summed E-state index contributed by atoms with van der Waals surface area (Å²) in [4.78, 5) is 29.4. The molecule has 0 atom stereocenters. The van der Waals surface area contributed by atoms with E-state index in [9.17, 15) is 9.59 Å². The minimum absolute atomic E-state index is 0.106. The quantitative estimate of drug-likeness (QED) is 0.302. The Kier molecular flexibility index (Phi) is 5.18. The van der Waals surface area contributed by atoms with E-state index in [1.54, 1.807) is 60.7 Å². The first-order chi connectivity index (χ1) is 17.6. The van der Waals surface area contributed by atoms with E-state index in [4.69, 9.17) is 33.2 Å². The summed E-state index contributed by atoms with van der Waals surface area (Å²) in [6.45, 7) is 0.244. The molecule has 0 aromatic heterocycles. The number of carbonyl (C=O) groups excluding carboxylic acids is 2. The maximum absolute atomic E-state index is 12.6. The standard InChI is InChI=1S/C26H17NO9/c1-30-21-9-14(2-5-20(21)35-25(28)16-4-7-19-23(11-16)34-13-32-19)8-17-26(29)36-24(27-17)15-3-6-18-22(10-15)33-12-31-18/h2-11H,12-13H2,1H3. The van der Waals surface area contributed by atoms with Gasteiger partial charge in [-0.3, -0.25) is 0 Å². The van der Waals surface area contributed by atoms with Crippen molar-refractivity contribution >= 4 is 23.9 Å². The van der Waals surface area contributed by atoms with Gasteiger partial charge in [-0.05, 0) is 60.2 Å². The highest BCUT2D eigenvalue weighted by molar-refractivity contribution is 6.13. The normalized spacial score (nSPS) is 16.1. The molecule has 0 aliphatic carbocycles. The third-order valence-corrected chi connectivity index (χ3v) is 5.54. The Bertz CT molecular complexity index is 1470. The van der Waals surface area contributed by atoms with Crippen LogP contribution in [-0.2, 0) is 9.53 Å². The molecule has 3 aliphatic heterocycles. The van der Waals surface area contributed by atoms with Crippen molar-refractivity contribution < 1.29 is 42.7 Å². The molecule has 0 fully saturated rings. The molecule has 0 spiro atoms. The third-order valence-electron chi connectivity index (χ3n) is 5.54. The summed E-state index contributed by atoms with van der Waals surface area (Å²) >= 11 is 0. The number of cyclic esters (lactones) is 1. The van der Waals surface area contributed by atoms with Gasteiger partial charge in [-0.25, -0.2) is 14.6 Å². The van der Waals surface area contributed by atoms with Gasteiger partial charge in [-0.15, -0.1) is 0 Å². The molecular weight excluding hydrogens is 470 g/mol. The summed E-state index contributed by atoms with van der Waals surface area (Å²) in [5.41, 5.74) is 1.58. The van der Waals surface area contributed by atoms with Crippen molar-refractivity contribution in [2.75, 3.05) is 20.7 Å². The lowest BCUT2D eigenvalue weighted by molar-refractivity contribution is -0.129. The highest BCUT2D eigenvalue weighted by Gasteiger charge is 2.26. The summed E-state index contributed by atoms with van der Waals surface area (Å²) in [7, 11) is 1.45. The fraction of sp³-hybridized carbons (Fsp3) is 0.115. The maximum atomic E-state index is 12.6. The number of aliphatic imine (C=N–C) groups is 1. The monoisotopic (exact) mass is 487 g/mol. The van der Waals surface area contributed by atoms with Crippen molar-refractivity contribution in [2.45, 2.75) is 0 Å². The molecule has 0 saturated carbocycles. The lowest BCUT2D eigenvalue weighted by atomic mass is 10.1. The lowest BCUT2D eigenvalue weighted by Gasteiger charge is -2.10. The Labute approximate surface area is 204 Å². The molecule has 0 unspecified atom stereocenters. The van der Waals surface area contributed by atoms with Crippen LogP contribution in [-0.4, -0.2) is 38.5 Å². The molecular formula is C26H17NO9. The number of fused-ring (bicyclic) bond motifs is 2. The fourth-order valence-electron chi connectivity index (χ4n) is 3.76. The average molecular weight is 487 g/mol. The van der Waals surface area contributed by atoms with Gasteiger partial charge in [0.1, 0.15) is 0 Å². The molecule has 36 heavy (non-hydrogen) atoms. The summed E-state index contributed by atoms with van der Waals surface area (Å²) < 4.78 is 37.5. The molecule has 0 amide bonds. The molecule has 3 aliphatic rings.